The maximum atomic E-state index is 12.3. The summed E-state index contributed by atoms with van der Waals surface area (Å²) in [5.41, 5.74) is 1.03. The maximum absolute atomic E-state index is 12.3. The van der Waals surface area contributed by atoms with Gasteiger partial charge in [-0.05, 0) is 53.8 Å². The highest BCUT2D eigenvalue weighted by Crippen LogP contribution is 2.36. The van der Waals surface area contributed by atoms with Crippen LogP contribution in [0.2, 0.25) is 0 Å². The molecule has 0 atom stereocenters. The van der Waals surface area contributed by atoms with Crippen molar-refractivity contribution in [1.82, 2.24) is 5.32 Å². The van der Waals surface area contributed by atoms with E-state index in [0.29, 0.717) is 19.8 Å². The summed E-state index contributed by atoms with van der Waals surface area (Å²) in [5, 5.41) is 5.04. The van der Waals surface area contributed by atoms with Crippen LogP contribution in [0.1, 0.15) is 14.5 Å². The van der Waals surface area contributed by atoms with E-state index >= 15 is 0 Å². The van der Waals surface area contributed by atoms with Crippen molar-refractivity contribution >= 4 is 28.6 Å². The van der Waals surface area contributed by atoms with Crippen LogP contribution in [0.3, 0.4) is 0 Å². The van der Waals surface area contributed by atoms with Gasteiger partial charge in [-0.25, -0.2) is 0 Å². The Morgan fingerprint density at radius 2 is 1.96 bits per heavy atom. The van der Waals surface area contributed by atoms with Crippen LogP contribution in [-0.2, 0) is 6.42 Å². The van der Waals surface area contributed by atoms with Gasteiger partial charge in [0.15, 0.2) is 11.5 Å². The summed E-state index contributed by atoms with van der Waals surface area (Å²) in [6.45, 7) is 1.80. The van der Waals surface area contributed by atoms with Gasteiger partial charge in [0.05, 0.1) is 4.88 Å². The molecule has 0 aliphatic carbocycles. The number of hydrogen-bond donors (Lipinski definition) is 1. The number of ether oxygens (including phenoxy) is 2. The van der Waals surface area contributed by atoms with E-state index in [2.05, 4.69) is 16.8 Å². The zero-order chi connectivity index (χ0) is 17.1. The molecule has 2 aromatic heterocycles. The summed E-state index contributed by atoms with van der Waals surface area (Å²) >= 11 is 3.20. The molecule has 0 fully saturated rings. The third-order valence-electron chi connectivity index (χ3n) is 3.89. The van der Waals surface area contributed by atoms with Gasteiger partial charge in [-0.1, -0.05) is 6.07 Å². The Balaban J connectivity index is 1.42. The molecule has 1 amide bonds. The van der Waals surface area contributed by atoms with Gasteiger partial charge in [0.1, 0.15) is 13.2 Å². The standard InChI is InChI=1S/C19H17NO3S2/c21-19(20-8-7-14-2-1-11-24-14)18-6-5-17(25-18)13-3-4-15-16(12-13)23-10-9-22-15/h1-6,11-12H,7-10H2,(H,20,21). The van der Waals surface area contributed by atoms with Crippen molar-refractivity contribution in [3.8, 4) is 21.9 Å². The Morgan fingerprint density at radius 3 is 2.80 bits per heavy atom. The third-order valence-corrected chi connectivity index (χ3v) is 5.96. The molecule has 0 bridgehead atoms. The molecule has 1 aliphatic rings. The lowest BCUT2D eigenvalue weighted by molar-refractivity contribution is 0.0958. The smallest absolute Gasteiger partial charge is 0.261 e. The van der Waals surface area contributed by atoms with E-state index in [1.807, 2.05) is 36.4 Å². The topological polar surface area (TPSA) is 47.6 Å². The molecule has 0 saturated carbocycles. The van der Waals surface area contributed by atoms with Crippen molar-refractivity contribution in [2.24, 2.45) is 0 Å². The minimum absolute atomic E-state index is 0.0228. The number of carbonyl (C=O) groups excluding carboxylic acids is 1. The zero-order valence-corrected chi connectivity index (χ0v) is 15.1. The molecule has 4 nitrogen and oxygen atoms in total. The van der Waals surface area contributed by atoms with Gasteiger partial charge in [0.2, 0.25) is 0 Å². The van der Waals surface area contributed by atoms with E-state index < -0.39 is 0 Å². The number of amides is 1. The number of carbonyl (C=O) groups is 1. The molecule has 0 saturated heterocycles. The minimum Gasteiger partial charge on any atom is -0.486 e. The molecule has 0 spiro atoms. The minimum atomic E-state index is -0.0228. The molecule has 4 rings (SSSR count). The van der Waals surface area contributed by atoms with Crippen molar-refractivity contribution in [3.05, 3.63) is 57.6 Å². The van der Waals surface area contributed by atoms with Crippen LogP contribution in [0, 0.1) is 0 Å². The first-order valence-electron chi connectivity index (χ1n) is 8.10. The number of benzene rings is 1. The Morgan fingerprint density at radius 1 is 1.08 bits per heavy atom. The van der Waals surface area contributed by atoms with Crippen molar-refractivity contribution in [3.63, 3.8) is 0 Å². The van der Waals surface area contributed by atoms with Gasteiger partial charge >= 0.3 is 0 Å². The number of fused-ring (bicyclic) bond motifs is 1. The summed E-state index contributed by atoms with van der Waals surface area (Å²) in [7, 11) is 0. The van der Waals surface area contributed by atoms with Crippen LogP contribution in [0.25, 0.3) is 10.4 Å². The van der Waals surface area contributed by atoms with Crippen LogP contribution in [0.5, 0.6) is 11.5 Å². The number of nitrogens with one attached hydrogen (secondary N) is 1. The molecule has 1 N–H and O–H groups in total. The Hall–Kier alpha value is -2.31. The van der Waals surface area contributed by atoms with Crippen LogP contribution in [0.15, 0.2) is 47.8 Å². The molecule has 25 heavy (non-hydrogen) atoms. The van der Waals surface area contributed by atoms with Gasteiger partial charge in [-0.3, -0.25) is 4.79 Å². The lowest BCUT2D eigenvalue weighted by atomic mass is 10.1. The second kappa shape index (κ2) is 7.29. The molecular formula is C19H17NO3S2. The van der Waals surface area contributed by atoms with E-state index in [0.717, 1.165) is 33.2 Å². The molecule has 128 valence electrons. The van der Waals surface area contributed by atoms with Crippen molar-refractivity contribution in [2.75, 3.05) is 19.8 Å². The molecule has 1 aromatic carbocycles. The van der Waals surface area contributed by atoms with Crippen molar-refractivity contribution in [1.29, 1.82) is 0 Å². The highest BCUT2D eigenvalue weighted by molar-refractivity contribution is 7.17. The van der Waals surface area contributed by atoms with E-state index in [9.17, 15) is 4.79 Å². The molecule has 0 radical (unpaired) electrons. The lowest BCUT2D eigenvalue weighted by Gasteiger charge is -2.18. The molecule has 1 aliphatic heterocycles. The number of thiophene rings is 2. The monoisotopic (exact) mass is 371 g/mol. The number of hydrogen-bond acceptors (Lipinski definition) is 5. The fourth-order valence-electron chi connectivity index (χ4n) is 2.65. The van der Waals surface area contributed by atoms with Crippen LogP contribution in [0.4, 0.5) is 0 Å². The van der Waals surface area contributed by atoms with E-state index in [1.54, 1.807) is 11.3 Å². The van der Waals surface area contributed by atoms with E-state index in [-0.39, 0.29) is 5.91 Å². The first-order chi connectivity index (χ1) is 12.3. The molecular weight excluding hydrogens is 354 g/mol. The average molecular weight is 371 g/mol. The van der Waals surface area contributed by atoms with Gasteiger partial charge in [0.25, 0.3) is 5.91 Å². The summed E-state index contributed by atoms with van der Waals surface area (Å²) < 4.78 is 11.2. The molecule has 3 aromatic rings. The lowest BCUT2D eigenvalue weighted by Crippen LogP contribution is -2.24. The summed E-state index contributed by atoms with van der Waals surface area (Å²) in [6.07, 6.45) is 0.865. The molecule has 6 heteroatoms. The van der Waals surface area contributed by atoms with Gasteiger partial charge in [-0.2, -0.15) is 0 Å². The first kappa shape index (κ1) is 16.2. The summed E-state index contributed by atoms with van der Waals surface area (Å²) in [6, 6.07) is 13.9. The largest absolute Gasteiger partial charge is 0.486 e. The quantitative estimate of drug-likeness (QED) is 0.730. The SMILES string of the molecule is O=C(NCCc1cccs1)c1ccc(-c2ccc3c(c2)OCCO3)s1. The Kier molecular flexibility index (Phi) is 4.72. The highest BCUT2D eigenvalue weighted by atomic mass is 32.1. The fraction of sp³-hybridized carbons (Fsp3) is 0.211. The second-order valence-electron chi connectivity index (χ2n) is 5.61. The van der Waals surface area contributed by atoms with Crippen molar-refractivity contribution < 1.29 is 14.3 Å². The Labute approximate surface area is 154 Å². The van der Waals surface area contributed by atoms with Crippen LogP contribution < -0.4 is 14.8 Å². The molecule has 0 unspecified atom stereocenters. The normalized spacial score (nSPS) is 12.8. The van der Waals surface area contributed by atoms with Gasteiger partial charge in [-0.15, -0.1) is 22.7 Å². The second-order valence-corrected chi connectivity index (χ2v) is 7.72. The summed E-state index contributed by atoms with van der Waals surface area (Å²) in [4.78, 5) is 15.4. The van der Waals surface area contributed by atoms with Crippen molar-refractivity contribution in [2.45, 2.75) is 6.42 Å². The predicted octanol–water partition coefficient (Wildman–Crippen LogP) is 4.22. The van der Waals surface area contributed by atoms with Crippen LogP contribution >= 0.6 is 22.7 Å². The summed E-state index contributed by atoms with van der Waals surface area (Å²) in [5.74, 6) is 1.52. The molecule has 3 heterocycles. The van der Waals surface area contributed by atoms with E-state index in [1.165, 1.54) is 16.2 Å². The highest BCUT2D eigenvalue weighted by Gasteiger charge is 2.15. The van der Waals surface area contributed by atoms with Gasteiger partial charge in [0, 0.05) is 16.3 Å². The first-order valence-corrected chi connectivity index (χ1v) is 9.80. The average Bonchev–Trinajstić information content (AvgIpc) is 3.33. The van der Waals surface area contributed by atoms with Crippen LogP contribution in [-0.4, -0.2) is 25.7 Å². The zero-order valence-electron chi connectivity index (χ0n) is 13.5. The predicted molar refractivity (Wildman–Crippen MR) is 101 cm³/mol. The maximum Gasteiger partial charge on any atom is 0.261 e. The number of rotatable bonds is 5. The Bertz CT molecular complexity index is 871. The fourth-order valence-corrected chi connectivity index (χ4v) is 4.28. The third kappa shape index (κ3) is 3.70. The van der Waals surface area contributed by atoms with Gasteiger partial charge < -0.3 is 14.8 Å². The van der Waals surface area contributed by atoms with E-state index in [4.69, 9.17) is 9.47 Å².